The molecular formula is C29H40N2O3S. The molecule has 0 aromatic heterocycles. The second kappa shape index (κ2) is 10.3. The molecule has 1 saturated carbocycles. The highest BCUT2D eigenvalue weighted by Crippen LogP contribution is 2.43. The third-order valence-electron chi connectivity index (χ3n) is 8.88. The number of aryl methyl sites for hydroxylation is 1. The number of rotatable bonds is 5. The zero-order valence-corrected chi connectivity index (χ0v) is 22.0. The van der Waals surface area contributed by atoms with Crippen LogP contribution in [0.2, 0.25) is 0 Å². The summed E-state index contributed by atoms with van der Waals surface area (Å²) in [6.07, 6.45) is 6.67. The van der Waals surface area contributed by atoms with E-state index in [9.17, 15) is 13.5 Å². The van der Waals surface area contributed by atoms with Gasteiger partial charge in [-0.3, -0.25) is 4.90 Å². The minimum atomic E-state index is -3.28. The van der Waals surface area contributed by atoms with Crippen molar-refractivity contribution >= 4 is 10.0 Å². The molecule has 3 atom stereocenters. The number of aliphatic hydroxyl groups excluding tert-OH is 1. The van der Waals surface area contributed by atoms with Crippen molar-refractivity contribution in [1.29, 1.82) is 0 Å². The van der Waals surface area contributed by atoms with Crippen LogP contribution >= 0.6 is 0 Å². The van der Waals surface area contributed by atoms with E-state index in [1.54, 1.807) is 0 Å². The second-order valence-corrected chi connectivity index (χ2v) is 13.0. The Labute approximate surface area is 211 Å². The number of benzene rings is 2. The van der Waals surface area contributed by atoms with Crippen molar-refractivity contribution in [2.75, 3.05) is 26.2 Å². The lowest BCUT2D eigenvalue weighted by atomic mass is 9.74. The molecule has 1 N–H and O–H groups in total. The van der Waals surface area contributed by atoms with Crippen molar-refractivity contribution in [3.05, 3.63) is 59.2 Å². The van der Waals surface area contributed by atoms with Crippen molar-refractivity contribution in [3.8, 4) is 11.1 Å². The first kappa shape index (κ1) is 24.9. The highest BCUT2D eigenvalue weighted by Gasteiger charge is 2.50. The van der Waals surface area contributed by atoms with Gasteiger partial charge in [-0.1, -0.05) is 61.7 Å². The summed E-state index contributed by atoms with van der Waals surface area (Å²) >= 11 is 0. The molecule has 0 amide bonds. The molecule has 0 spiro atoms. The maximum atomic E-state index is 13.6. The van der Waals surface area contributed by atoms with Gasteiger partial charge in [0, 0.05) is 31.1 Å². The Balaban J connectivity index is 1.40. The molecule has 3 fully saturated rings. The molecule has 5 nitrogen and oxygen atoms in total. The van der Waals surface area contributed by atoms with Crippen LogP contribution in [0.3, 0.4) is 0 Å². The van der Waals surface area contributed by atoms with Gasteiger partial charge in [-0.15, -0.1) is 0 Å². The summed E-state index contributed by atoms with van der Waals surface area (Å²) < 4.78 is 29.0. The first-order valence-corrected chi connectivity index (χ1v) is 14.9. The van der Waals surface area contributed by atoms with Crippen LogP contribution < -0.4 is 0 Å². The molecule has 2 aromatic rings. The number of hydrogen-bond donors (Lipinski definition) is 1. The number of sulfonamides is 1. The van der Waals surface area contributed by atoms with E-state index in [4.69, 9.17) is 0 Å². The predicted octanol–water partition coefficient (Wildman–Crippen LogP) is 4.86. The lowest BCUT2D eigenvalue weighted by Gasteiger charge is -2.57. The van der Waals surface area contributed by atoms with E-state index in [0.717, 1.165) is 51.5 Å². The van der Waals surface area contributed by atoms with Crippen LogP contribution in [0.1, 0.15) is 67.6 Å². The fourth-order valence-corrected chi connectivity index (χ4v) is 8.76. The number of nitrogens with zero attached hydrogens (tertiary/aromatic N) is 2. The van der Waals surface area contributed by atoms with Gasteiger partial charge in [0.2, 0.25) is 10.0 Å². The zero-order chi connectivity index (χ0) is 24.6. The Morgan fingerprint density at radius 3 is 2.34 bits per heavy atom. The Hall–Kier alpha value is -1.73. The lowest BCUT2D eigenvalue weighted by Crippen LogP contribution is -2.68. The van der Waals surface area contributed by atoms with Gasteiger partial charge in [-0.05, 0) is 73.9 Å². The van der Waals surface area contributed by atoms with E-state index in [0.29, 0.717) is 13.1 Å². The average molecular weight is 497 g/mol. The molecule has 190 valence electrons. The van der Waals surface area contributed by atoms with Crippen LogP contribution in [-0.2, 0) is 10.0 Å². The van der Waals surface area contributed by atoms with E-state index < -0.39 is 10.0 Å². The molecule has 5 rings (SSSR count). The van der Waals surface area contributed by atoms with E-state index in [1.165, 1.54) is 27.8 Å². The molecule has 2 saturated heterocycles. The van der Waals surface area contributed by atoms with Gasteiger partial charge in [-0.25, -0.2) is 12.7 Å². The normalized spacial score (nSPS) is 27.0. The Morgan fingerprint density at radius 1 is 0.914 bits per heavy atom. The minimum absolute atomic E-state index is 0.0592. The molecular weight excluding hydrogens is 456 g/mol. The van der Waals surface area contributed by atoms with Gasteiger partial charge in [-0.2, -0.15) is 0 Å². The summed E-state index contributed by atoms with van der Waals surface area (Å²) in [5.74, 6) is 0.148. The Bertz CT molecular complexity index is 1130. The van der Waals surface area contributed by atoms with Gasteiger partial charge in [0.25, 0.3) is 0 Å². The topological polar surface area (TPSA) is 60.9 Å². The highest BCUT2D eigenvalue weighted by atomic mass is 32.2. The second-order valence-electron chi connectivity index (χ2n) is 10.8. The van der Waals surface area contributed by atoms with E-state index in [-0.39, 0.29) is 29.9 Å². The summed E-state index contributed by atoms with van der Waals surface area (Å²) in [5, 5.41) is 10.1. The quantitative estimate of drug-likeness (QED) is 0.642. The average Bonchev–Trinajstić information content (AvgIpc) is 2.85. The summed E-state index contributed by atoms with van der Waals surface area (Å²) in [7, 11) is -3.28. The molecule has 3 aliphatic rings. The molecule has 1 aliphatic carbocycles. The van der Waals surface area contributed by atoms with Gasteiger partial charge in [0.15, 0.2) is 0 Å². The van der Waals surface area contributed by atoms with Gasteiger partial charge in [0.05, 0.1) is 11.9 Å². The van der Waals surface area contributed by atoms with Crippen LogP contribution in [0.4, 0.5) is 0 Å². The maximum absolute atomic E-state index is 13.6. The smallest absolute Gasteiger partial charge is 0.217 e. The van der Waals surface area contributed by atoms with Crippen LogP contribution in [0.25, 0.3) is 11.1 Å². The lowest BCUT2D eigenvalue weighted by molar-refractivity contribution is -0.0554. The van der Waals surface area contributed by atoms with Crippen molar-refractivity contribution in [3.63, 3.8) is 0 Å². The van der Waals surface area contributed by atoms with Crippen molar-refractivity contribution in [2.45, 2.75) is 82.0 Å². The molecule has 0 unspecified atom stereocenters. The van der Waals surface area contributed by atoms with Gasteiger partial charge >= 0.3 is 0 Å². The summed E-state index contributed by atoms with van der Waals surface area (Å²) in [5.41, 5.74) is 6.24. The Morgan fingerprint density at radius 2 is 1.63 bits per heavy atom. The molecule has 2 heterocycles. The number of fused-ring (bicyclic) bond motifs is 1. The maximum Gasteiger partial charge on any atom is 0.217 e. The first-order valence-electron chi connectivity index (χ1n) is 13.4. The summed E-state index contributed by atoms with van der Waals surface area (Å²) in [6, 6.07) is 15.4. The van der Waals surface area contributed by atoms with Crippen LogP contribution in [0, 0.1) is 13.8 Å². The molecule has 35 heavy (non-hydrogen) atoms. The fourth-order valence-electron chi connectivity index (χ4n) is 6.66. The summed E-state index contributed by atoms with van der Waals surface area (Å²) in [4.78, 5) is 2.37. The largest absolute Gasteiger partial charge is 0.395 e. The Kier molecular flexibility index (Phi) is 7.36. The third-order valence-corrected chi connectivity index (χ3v) is 11.2. The molecule has 6 heteroatoms. The van der Waals surface area contributed by atoms with Crippen molar-refractivity contribution < 1.29 is 13.5 Å². The molecule has 0 bridgehead atoms. The van der Waals surface area contributed by atoms with Crippen LogP contribution in [0.5, 0.6) is 0 Å². The van der Waals surface area contributed by atoms with Gasteiger partial charge < -0.3 is 5.11 Å². The molecule has 0 radical (unpaired) electrons. The third kappa shape index (κ3) is 4.71. The van der Waals surface area contributed by atoms with Crippen molar-refractivity contribution in [1.82, 2.24) is 9.21 Å². The van der Waals surface area contributed by atoms with Gasteiger partial charge in [0.1, 0.15) is 0 Å². The van der Waals surface area contributed by atoms with E-state index in [2.05, 4.69) is 61.2 Å². The van der Waals surface area contributed by atoms with Crippen molar-refractivity contribution in [2.24, 2.45) is 0 Å². The van der Waals surface area contributed by atoms with E-state index in [1.807, 2.05) is 4.31 Å². The highest BCUT2D eigenvalue weighted by molar-refractivity contribution is 7.89. The first-order chi connectivity index (χ1) is 16.9. The molecule has 2 aliphatic heterocycles. The van der Waals surface area contributed by atoms with E-state index >= 15 is 0 Å². The SMILES string of the molecule is Cc1cccc(-c2ccc([C@@H]3[C@@H](CO)N4CCCCN(S(=O)(=O)C5CCCCC5)C[C@@H]34)cc2)c1C. The monoisotopic (exact) mass is 496 g/mol. The predicted molar refractivity (Wildman–Crippen MR) is 142 cm³/mol. The fraction of sp³-hybridized carbons (Fsp3) is 0.586. The van der Waals surface area contributed by atoms with Crippen LogP contribution in [-0.4, -0.2) is 66.3 Å². The number of hydrogen-bond acceptors (Lipinski definition) is 4. The zero-order valence-electron chi connectivity index (χ0n) is 21.2. The molecule has 2 aromatic carbocycles. The standard InChI is InChI=1S/C29H40N2O3S/c1-21-9-8-12-26(22(21)2)23-13-15-24(16-14-23)29-27-19-30(17-6-7-18-31(27)28(29)20-32)35(33,34)25-10-4-3-5-11-25/h8-9,12-16,25,27-29,32H,3-7,10-11,17-20H2,1-2H3/t27-,28+,29-/m0/s1. The van der Waals surface area contributed by atoms with Crippen LogP contribution in [0.15, 0.2) is 42.5 Å². The summed E-state index contributed by atoms with van der Waals surface area (Å²) in [6.45, 7) is 6.52. The number of aliphatic hydroxyl groups is 1. The minimum Gasteiger partial charge on any atom is -0.395 e.